The van der Waals surface area contributed by atoms with E-state index in [4.69, 9.17) is 4.98 Å². The molecule has 9 heteroatoms. The SMILES string of the molecule is CN(C)CCNc1nc2ccccc2c2nnc(-c3ccccc3[N+](=O)[O-])n12. The van der Waals surface area contributed by atoms with E-state index < -0.39 is 4.92 Å². The van der Waals surface area contributed by atoms with Crippen molar-refractivity contribution in [2.24, 2.45) is 0 Å². The van der Waals surface area contributed by atoms with Gasteiger partial charge >= 0.3 is 0 Å². The topological polar surface area (TPSA) is 101 Å². The van der Waals surface area contributed by atoms with Gasteiger partial charge in [-0.3, -0.25) is 10.1 Å². The summed E-state index contributed by atoms with van der Waals surface area (Å²) in [7, 11) is 3.98. The van der Waals surface area contributed by atoms with Crippen molar-refractivity contribution in [2.75, 3.05) is 32.5 Å². The van der Waals surface area contributed by atoms with Gasteiger partial charge in [0.15, 0.2) is 11.5 Å². The number of aromatic nitrogens is 4. The van der Waals surface area contributed by atoms with Gasteiger partial charge in [-0.2, -0.15) is 0 Å². The molecule has 9 nitrogen and oxygen atoms in total. The van der Waals surface area contributed by atoms with Crippen LogP contribution >= 0.6 is 0 Å². The molecule has 2 aromatic heterocycles. The number of rotatable bonds is 6. The molecule has 4 aromatic rings. The second-order valence-corrected chi connectivity index (χ2v) is 6.64. The summed E-state index contributed by atoms with van der Waals surface area (Å²) in [6, 6.07) is 14.2. The lowest BCUT2D eigenvalue weighted by molar-refractivity contribution is -0.384. The lowest BCUT2D eigenvalue weighted by atomic mass is 10.1. The second kappa shape index (κ2) is 7.20. The highest BCUT2D eigenvalue weighted by molar-refractivity contribution is 5.93. The zero-order valence-electron chi connectivity index (χ0n) is 15.5. The van der Waals surface area contributed by atoms with Gasteiger partial charge in [-0.05, 0) is 32.3 Å². The number of benzene rings is 2. The van der Waals surface area contributed by atoms with Crippen LogP contribution in [0.2, 0.25) is 0 Å². The van der Waals surface area contributed by atoms with E-state index in [1.165, 1.54) is 6.07 Å². The fraction of sp³-hybridized carbons (Fsp3) is 0.211. The van der Waals surface area contributed by atoms with Gasteiger partial charge in [0, 0.05) is 24.5 Å². The van der Waals surface area contributed by atoms with Crippen molar-refractivity contribution in [1.29, 1.82) is 0 Å². The summed E-state index contributed by atoms with van der Waals surface area (Å²) in [5.41, 5.74) is 1.76. The van der Waals surface area contributed by atoms with E-state index in [2.05, 4.69) is 20.4 Å². The number of hydrogen-bond donors (Lipinski definition) is 1. The molecule has 0 aliphatic carbocycles. The Morgan fingerprint density at radius 3 is 2.64 bits per heavy atom. The molecule has 0 radical (unpaired) electrons. The Morgan fingerprint density at radius 2 is 1.86 bits per heavy atom. The van der Waals surface area contributed by atoms with Crippen molar-refractivity contribution >= 4 is 28.2 Å². The van der Waals surface area contributed by atoms with E-state index in [1.54, 1.807) is 22.6 Å². The number of likely N-dealkylation sites (N-methyl/N-ethyl adjacent to an activating group) is 1. The molecule has 28 heavy (non-hydrogen) atoms. The average molecular weight is 377 g/mol. The first-order valence-electron chi connectivity index (χ1n) is 8.82. The maximum atomic E-state index is 11.5. The summed E-state index contributed by atoms with van der Waals surface area (Å²) in [6.45, 7) is 1.46. The highest BCUT2D eigenvalue weighted by atomic mass is 16.6. The van der Waals surface area contributed by atoms with Crippen LogP contribution in [0.3, 0.4) is 0 Å². The first-order valence-corrected chi connectivity index (χ1v) is 8.82. The minimum atomic E-state index is -0.413. The Kier molecular flexibility index (Phi) is 4.58. The monoisotopic (exact) mass is 377 g/mol. The van der Waals surface area contributed by atoms with Crippen LogP contribution in [0.4, 0.5) is 11.6 Å². The lowest BCUT2D eigenvalue weighted by Crippen LogP contribution is -2.22. The molecule has 4 rings (SSSR count). The van der Waals surface area contributed by atoms with Crippen LogP contribution in [0.1, 0.15) is 0 Å². The molecule has 0 atom stereocenters. The van der Waals surface area contributed by atoms with Gasteiger partial charge in [0.25, 0.3) is 5.69 Å². The van der Waals surface area contributed by atoms with Crippen molar-refractivity contribution in [3.63, 3.8) is 0 Å². The lowest BCUT2D eigenvalue weighted by Gasteiger charge is -2.13. The van der Waals surface area contributed by atoms with Crippen LogP contribution in [0, 0.1) is 10.1 Å². The quantitative estimate of drug-likeness (QED) is 0.407. The van der Waals surface area contributed by atoms with Crippen molar-refractivity contribution in [3.05, 3.63) is 58.6 Å². The van der Waals surface area contributed by atoms with Crippen molar-refractivity contribution in [2.45, 2.75) is 0 Å². The van der Waals surface area contributed by atoms with E-state index in [1.807, 2.05) is 38.4 Å². The minimum absolute atomic E-state index is 0.0239. The van der Waals surface area contributed by atoms with Gasteiger partial charge in [-0.15, -0.1) is 10.2 Å². The number of fused-ring (bicyclic) bond motifs is 3. The Bertz CT molecular complexity index is 1170. The maximum absolute atomic E-state index is 11.5. The Morgan fingerprint density at radius 1 is 1.11 bits per heavy atom. The molecule has 2 aromatic carbocycles. The molecule has 0 aliphatic heterocycles. The van der Waals surface area contributed by atoms with Gasteiger partial charge in [-0.1, -0.05) is 24.3 Å². The van der Waals surface area contributed by atoms with Gasteiger partial charge < -0.3 is 10.2 Å². The van der Waals surface area contributed by atoms with E-state index in [9.17, 15) is 10.1 Å². The molecule has 0 spiro atoms. The first-order chi connectivity index (χ1) is 13.6. The summed E-state index contributed by atoms with van der Waals surface area (Å²) in [6.07, 6.45) is 0. The third kappa shape index (κ3) is 3.12. The number of nitrogens with zero attached hydrogens (tertiary/aromatic N) is 6. The van der Waals surface area contributed by atoms with E-state index in [-0.39, 0.29) is 5.69 Å². The zero-order valence-corrected chi connectivity index (χ0v) is 15.5. The molecule has 0 amide bonds. The number of nitro groups is 1. The van der Waals surface area contributed by atoms with Crippen LogP contribution in [0.5, 0.6) is 0 Å². The normalized spacial score (nSPS) is 11.4. The number of nitrogens with one attached hydrogen (secondary N) is 1. The van der Waals surface area contributed by atoms with Gasteiger partial charge in [0.2, 0.25) is 5.95 Å². The predicted molar refractivity (Wildman–Crippen MR) is 107 cm³/mol. The molecule has 0 saturated carbocycles. The number of para-hydroxylation sites is 2. The summed E-state index contributed by atoms with van der Waals surface area (Å²) in [5.74, 6) is 0.932. The van der Waals surface area contributed by atoms with Crippen LogP contribution in [-0.2, 0) is 0 Å². The third-order valence-electron chi connectivity index (χ3n) is 4.43. The first kappa shape index (κ1) is 17.8. The number of hydrogen-bond acceptors (Lipinski definition) is 7. The van der Waals surface area contributed by atoms with Crippen molar-refractivity contribution in [1.82, 2.24) is 24.5 Å². The maximum Gasteiger partial charge on any atom is 0.280 e. The Balaban J connectivity index is 1.96. The van der Waals surface area contributed by atoms with Crippen LogP contribution in [0.25, 0.3) is 27.9 Å². The predicted octanol–water partition coefficient (Wildman–Crippen LogP) is 2.83. The van der Waals surface area contributed by atoms with Crippen LogP contribution in [0.15, 0.2) is 48.5 Å². The summed E-state index contributed by atoms with van der Waals surface area (Å²) >= 11 is 0. The molecule has 0 unspecified atom stereocenters. The fourth-order valence-electron chi connectivity index (χ4n) is 3.09. The molecule has 0 bridgehead atoms. The van der Waals surface area contributed by atoms with Crippen molar-refractivity contribution in [3.8, 4) is 11.4 Å². The summed E-state index contributed by atoms with van der Waals surface area (Å²) < 4.78 is 1.75. The van der Waals surface area contributed by atoms with Gasteiger partial charge in [0.05, 0.1) is 16.0 Å². The average Bonchev–Trinajstić information content (AvgIpc) is 3.13. The molecule has 2 heterocycles. The largest absolute Gasteiger partial charge is 0.354 e. The molecule has 0 aliphatic rings. The fourth-order valence-corrected chi connectivity index (χ4v) is 3.09. The minimum Gasteiger partial charge on any atom is -0.354 e. The number of anilines is 1. The third-order valence-corrected chi connectivity index (χ3v) is 4.43. The molecular formula is C19H19N7O2. The Hall–Kier alpha value is -3.59. The van der Waals surface area contributed by atoms with E-state index >= 15 is 0 Å². The van der Waals surface area contributed by atoms with Crippen molar-refractivity contribution < 1.29 is 4.92 Å². The smallest absolute Gasteiger partial charge is 0.280 e. The molecule has 0 fully saturated rings. The Labute approximate surface area is 160 Å². The van der Waals surface area contributed by atoms with Crippen LogP contribution < -0.4 is 5.32 Å². The second-order valence-electron chi connectivity index (χ2n) is 6.64. The van der Waals surface area contributed by atoms with Gasteiger partial charge in [0.1, 0.15) is 0 Å². The zero-order chi connectivity index (χ0) is 19.7. The van der Waals surface area contributed by atoms with E-state index in [0.717, 1.165) is 17.4 Å². The van der Waals surface area contributed by atoms with Gasteiger partial charge in [-0.25, -0.2) is 9.38 Å². The standard InChI is InChI=1S/C19H19N7O2/c1-24(2)12-11-20-19-21-15-9-5-3-7-13(15)17-22-23-18(25(17)19)14-8-4-6-10-16(14)26(27)28/h3-10H,11-12H2,1-2H3,(H,20,21). The van der Waals surface area contributed by atoms with Crippen LogP contribution in [-0.4, -0.2) is 56.6 Å². The van der Waals surface area contributed by atoms with E-state index in [0.29, 0.717) is 29.5 Å². The molecular weight excluding hydrogens is 358 g/mol. The summed E-state index contributed by atoms with van der Waals surface area (Å²) in [4.78, 5) is 17.9. The molecule has 1 N–H and O–H groups in total. The summed E-state index contributed by atoms with van der Waals surface area (Å²) in [5, 5.41) is 24.3. The molecule has 0 saturated heterocycles. The number of nitro benzene ring substituents is 1. The highest BCUT2D eigenvalue weighted by Gasteiger charge is 2.22. The highest BCUT2D eigenvalue weighted by Crippen LogP contribution is 2.31. The molecule has 142 valence electrons.